The monoisotopic (exact) mass is 271 g/mol. The van der Waals surface area contributed by atoms with Gasteiger partial charge in [-0.15, -0.1) is 0 Å². The second-order valence-corrected chi connectivity index (χ2v) is 5.04. The van der Waals surface area contributed by atoms with Crippen molar-refractivity contribution in [2.75, 3.05) is 13.6 Å². The zero-order chi connectivity index (χ0) is 14.4. The molecule has 108 valence electrons. The standard InChI is InChI=1S/C12H21N3O4/c1-15(7-8-4-2-3-5-8)12(19)14-9(11(17)18)6-10(13)16/h8-9H,2-7H2,1H3,(H2,13,16)(H,14,19)(H,17,18)/t9-/m0/s1. The molecular formula is C12H21N3O4. The van der Waals surface area contributed by atoms with Gasteiger partial charge in [-0.25, -0.2) is 9.59 Å². The SMILES string of the molecule is CN(CC1CCCC1)C(=O)N[C@@H](CC(N)=O)C(=O)O. The number of carbonyl (C=O) groups excluding carboxylic acids is 2. The van der Waals surface area contributed by atoms with Gasteiger partial charge in [-0.1, -0.05) is 12.8 Å². The van der Waals surface area contributed by atoms with Crippen LogP contribution in [0.5, 0.6) is 0 Å². The number of nitrogens with one attached hydrogen (secondary N) is 1. The molecule has 0 aliphatic heterocycles. The fraction of sp³-hybridized carbons (Fsp3) is 0.750. The average molecular weight is 271 g/mol. The van der Waals surface area contributed by atoms with Gasteiger partial charge in [0.05, 0.1) is 6.42 Å². The molecule has 1 atom stereocenters. The van der Waals surface area contributed by atoms with E-state index in [1.807, 2.05) is 0 Å². The first-order valence-corrected chi connectivity index (χ1v) is 6.43. The zero-order valence-electron chi connectivity index (χ0n) is 11.1. The van der Waals surface area contributed by atoms with Gasteiger partial charge in [-0.3, -0.25) is 4.79 Å². The van der Waals surface area contributed by atoms with Crippen LogP contribution in [0.1, 0.15) is 32.1 Å². The number of primary amides is 1. The Kier molecular flexibility index (Phi) is 5.59. The molecule has 7 nitrogen and oxygen atoms in total. The number of nitrogens with two attached hydrogens (primary N) is 1. The molecule has 4 N–H and O–H groups in total. The lowest BCUT2D eigenvalue weighted by molar-refractivity contribution is -0.140. The maximum atomic E-state index is 11.8. The third-order valence-corrected chi connectivity index (χ3v) is 3.35. The second kappa shape index (κ2) is 6.96. The normalized spacial score (nSPS) is 16.9. The molecule has 0 heterocycles. The van der Waals surface area contributed by atoms with Gasteiger partial charge >= 0.3 is 12.0 Å². The number of rotatable bonds is 6. The Bertz CT molecular complexity index is 353. The summed E-state index contributed by atoms with van der Waals surface area (Å²) in [6, 6.07) is -1.75. The van der Waals surface area contributed by atoms with Crippen LogP contribution < -0.4 is 11.1 Å². The van der Waals surface area contributed by atoms with E-state index in [4.69, 9.17) is 10.8 Å². The molecule has 0 aromatic rings. The first-order valence-electron chi connectivity index (χ1n) is 6.43. The highest BCUT2D eigenvalue weighted by atomic mass is 16.4. The molecule has 0 spiro atoms. The van der Waals surface area contributed by atoms with Gasteiger partial charge in [0.25, 0.3) is 0 Å². The smallest absolute Gasteiger partial charge is 0.326 e. The van der Waals surface area contributed by atoms with E-state index in [0.29, 0.717) is 12.5 Å². The van der Waals surface area contributed by atoms with Gasteiger partial charge in [0, 0.05) is 13.6 Å². The predicted octanol–water partition coefficient (Wildman–Crippen LogP) is 0.147. The summed E-state index contributed by atoms with van der Waals surface area (Å²) in [6.07, 6.45) is 4.15. The summed E-state index contributed by atoms with van der Waals surface area (Å²) in [5, 5.41) is 11.2. The summed E-state index contributed by atoms with van der Waals surface area (Å²) < 4.78 is 0. The molecule has 0 aromatic heterocycles. The van der Waals surface area contributed by atoms with Crippen molar-refractivity contribution in [2.24, 2.45) is 11.7 Å². The van der Waals surface area contributed by atoms with Crippen molar-refractivity contribution in [2.45, 2.75) is 38.1 Å². The van der Waals surface area contributed by atoms with Gasteiger partial charge in [0.2, 0.25) is 5.91 Å². The number of hydrogen-bond acceptors (Lipinski definition) is 3. The zero-order valence-corrected chi connectivity index (χ0v) is 11.1. The molecule has 3 amide bonds. The molecule has 0 unspecified atom stereocenters. The highest BCUT2D eigenvalue weighted by molar-refractivity contribution is 5.87. The first-order chi connectivity index (χ1) is 8.90. The lowest BCUT2D eigenvalue weighted by Crippen LogP contribution is -2.49. The Labute approximate surface area is 112 Å². The fourth-order valence-corrected chi connectivity index (χ4v) is 2.32. The summed E-state index contributed by atoms with van der Waals surface area (Å²) in [7, 11) is 1.62. The number of amides is 3. The van der Waals surface area contributed by atoms with Crippen LogP contribution in [0.25, 0.3) is 0 Å². The van der Waals surface area contributed by atoms with Crippen molar-refractivity contribution in [3.8, 4) is 0 Å². The lowest BCUT2D eigenvalue weighted by Gasteiger charge is -2.23. The van der Waals surface area contributed by atoms with Gasteiger partial charge in [0.15, 0.2) is 0 Å². The largest absolute Gasteiger partial charge is 0.480 e. The van der Waals surface area contributed by atoms with Gasteiger partial charge in [-0.05, 0) is 18.8 Å². The summed E-state index contributed by atoms with van der Waals surface area (Å²) in [6.45, 7) is 0.606. The number of nitrogens with zero attached hydrogens (tertiary/aromatic N) is 1. The molecule has 1 aliphatic carbocycles. The van der Waals surface area contributed by atoms with Crippen LogP contribution in [0.3, 0.4) is 0 Å². The molecule has 1 saturated carbocycles. The Hall–Kier alpha value is -1.79. The quantitative estimate of drug-likeness (QED) is 0.638. The maximum Gasteiger partial charge on any atom is 0.326 e. The minimum absolute atomic E-state index is 0.404. The third kappa shape index (κ3) is 5.15. The van der Waals surface area contributed by atoms with Gasteiger partial charge in [0.1, 0.15) is 6.04 Å². The minimum atomic E-state index is -1.27. The van der Waals surface area contributed by atoms with E-state index < -0.39 is 30.4 Å². The lowest BCUT2D eigenvalue weighted by atomic mass is 10.1. The summed E-state index contributed by atoms with van der Waals surface area (Å²) in [5.41, 5.74) is 4.95. The van der Waals surface area contributed by atoms with Crippen molar-refractivity contribution in [1.29, 1.82) is 0 Å². The molecule has 0 radical (unpaired) electrons. The van der Waals surface area contributed by atoms with E-state index in [-0.39, 0.29) is 0 Å². The summed E-state index contributed by atoms with van der Waals surface area (Å²) >= 11 is 0. The van der Waals surface area contributed by atoms with E-state index in [9.17, 15) is 14.4 Å². The van der Waals surface area contributed by atoms with E-state index in [1.54, 1.807) is 7.05 Å². The van der Waals surface area contributed by atoms with Crippen molar-refractivity contribution < 1.29 is 19.5 Å². The summed E-state index contributed by atoms with van der Waals surface area (Å²) in [4.78, 5) is 34.9. The van der Waals surface area contributed by atoms with E-state index in [0.717, 1.165) is 12.8 Å². The number of hydrogen-bond donors (Lipinski definition) is 3. The van der Waals surface area contributed by atoms with Crippen molar-refractivity contribution in [1.82, 2.24) is 10.2 Å². The van der Waals surface area contributed by atoms with Gasteiger partial charge in [-0.2, -0.15) is 0 Å². The molecule has 1 rings (SSSR count). The highest BCUT2D eigenvalue weighted by Gasteiger charge is 2.25. The molecule has 19 heavy (non-hydrogen) atoms. The summed E-state index contributed by atoms with van der Waals surface area (Å²) in [5.74, 6) is -1.54. The topological polar surface area (TPSA) is 113 Å². The Morgan fingerprint density at radius 2 is 1.95 bits per heavy atom. The number of carbonyl (C=O) groups is 3. The average Bonchev–Trinajstić information content (AvgIpc) is 2.79. The van der Waals surface area contributed by atoms with Crippen molar-refractivity contribution in [3.05, 3.63) is 0 Å². The van der Waals surface area contributed by atoms with Crippen molar-refractivity contribution in [3.63, 3.8) is 0 Å². The van der Waals surface area contributed by atoms with E-state index in [2.05, 4.69) is 5.32 Å². The van der Waals surface area contributed by atoms with Gasteiger partial charge < -0.3 is 21.1 Å². The minimum Gasteiger partial charge on any atom is -0.480 e. The van der Waals surface area contributed by atoms with Crippen LogP contribution in [-0.2, 0) is 9.59 Å². The van der Waals surface area contributed by atoms with Crippen LogP contribution in [0, 0.1) is 5.92 Å². The Morgan fingerprint density at radius 1 is 1.37 bits per heavy atom. The fourth-order valence-electron chi connectivity index (χ4n) is 2.32. The molecule has 0 bridgehead atoms. The Balaban J connectivity index is 2.45. The predicted molar refractivity (Wildman–Crippen MR) is 68.4 cm³/mol. The van der Waals surface area contributed by atoms with Crippen LogP contribution >= 0.6 is 0 Å². The Morgan fingerprint density at radius 3 is 2.42 bits per heavy atom. The number of carboxylic acid groups (broad SMARTS) is 1. The van der Waals surface area contributed by atoms with Crippen molar-refractivity contribution >= 4 is 17.9 Å². The number of aliphatic carboxylic acids is 1. The molecule has 0 aromatic carbocycles. The van der Waals surface area contributed by atoms with E-state index in [1.165, 1.54) is 17.7 Å². The second-order valence-electron chi connectivity index (χ2n) is 5.04. The maximum absolute atomic E-state index is 11.8. The molecule has 0 saturated heterocycles. The molecule has 7 heteroatoms. The highest BCUT2D eigenvalue weighted by Crippen LogP contribution is 2.25. The van der Waals surface area contributed by atoms with Crippen LogP contribution in [0.15, 0.2) is 0 Å². The molecule has 1 fully saturated rings. The van der Waals surface area contributed by atoms with Crippen LogP contribution in [0.4, 0.5) is 4.79 Å². The number of carboxylic acids is 1. The van der Waals surface area contributed by atoms with Crippen LogP contribution in [0.2, 0.25) is 0 Å². The van der Waals surface area contributed by atoms with Crippen LogP contribution in [-0.4, -0.2) is 47.5 Å². The molecule has 1 aliphatic rings. The molecular weight excluding hydrogens is 250 g/mol. The first kappa shape index (κ1) is 15.3. The number of urea groups is 1. The third-order valence-electron chi connectivity index (χ3n) is 3.35. The van der Waals surface area contributed by atoms with E-state index >= 15 is 0 Å².